The zero-order valence-electron chi connectivity index (χ0n) is 11.6. The van der Waals surface area contributed by atoms with Crippen LogP contribution < -0.4 is 16.0 Å². The molecule has 1 saturated heterocycles. The summed E-state index contributed by atoms with van der Waals surface area (Å²) in [6.45, 7) is 2.19. The third kappa shape index (κ3) is 2.45. The molecule has 5 heteroatoms. The summed E-state index contributed by atoms with van der Waals surface area (Å²) in [5.74, 6) is 0.615. The van der Waals surface area contributed by atoms with Crippen LogP contribution in [0.3, 0.4) is 0 Å². The second-order valence-electron chi connectivity index (χ2n) is 5.73. The first-order valence-corrected chi connectivity index (χ1v) is 7.25. The van der Waals surface area contributed by atoms with Crippen LogP contribution in [0, 0.1) is 5.92 Å². The molecule has 0 spiro atoms. The van der Waals surface area contributed by atoms with Crippen LogP contribution in [0.4, 0.5) is 17.1 Å². The second-order valence-corrected chi connectivity index (χ2v) is 5.73. The average Bonchev–Trinajstić information content (AvgIpc) is 2.86. The first kappa shape index (κ1) is 13.2. The van der Waals surface area contributed by atoms with Crippen molar-refractivity contribution in [3.05, 3.63) is 17.7 Å². The highest BCUT2D eigenvalue weighted by Gasteiger charge is 2.25. The van der Waals surface area contributed by atoms with Crippen molar-refractivity contribution >= 4 is 23.0 Å². The summed E-state index contributed by atoms with van der Waals surface area (Å²) in [6.07, 6.45) is 3.29. The number of aryl methyl sites for hydroxylation is 1. The Kier molecular flexibility index (Phi) is 3.53. The molecule has 2 heterocycles. The van der Waals surface area contributed by atoms with Gasteiger partial charge in [-0.25, -0.2) is 0 Å². The minimum absolute atomic E-state index is 0.0637. The van der Waals surface area contributed by atoms with Gasteiger partial charge in [-0.3, -0.25) is 4.79 Å². The number of aliphatic hydroxyl groups is 1. The van der Waals surface area contributed by atoms with Crippen LogP contribution in [-0.2, 0) is 11.2 Å². The number of fused-ring (bicyclic) bond motifs is 1. The van der Waals surface area contributed by atoms with E-state index in [1.807, 2.05) is 6.07 Å². The lowest BCUT2D eigenvalue weighted by Crippen LogP contribution is -2.23. The molecule has 0 radical (unpaired) electrons. The van der Waals surface area contributed by atoms with Crippen LogP contribution in [0.1, 0.15) is 24.8 Å². The van der Waals surface area contributed by atoms with Crippen molar-refractivity contribution in [2.75, 3.05) is 35.6 Å². The average molecular weight is 275 g/mol. The Hall–Kier alpha value is -1.75. The number of nitrogens with two attached hydrogens (primary N) is 1. The van der Waals surface area contributed by atoms with E-state index in [4.69, 9.17) is 10.8 Å². The van der Waals surface area contributed by atoms with Gasteiger partial charge in [0.15, 0.2) is 0 Å². The summed E-state index contributed by atoms with van der Waals surface area (Å²) in [7, 11) is 0. The van der Waals surface area contributed by atoms with Crippen LogP contribution >= 0.6 is 0 Å². The van der Waals surface area contributed by atoms with Crippen molar-refractivity contribution < 1.29 is 9.90 Å². The largest absolute Gasteiger partial charge is 0.397 e. The lowest BCUT2D eigenvalue weighted by atomic mass is 10.0. The predicted molar refractivity (Wildman–Crippen MR) is 79.8 cm³/mol. The van der Waals surface area contributed by atoms with Crippen molar-refractivity contribution in [2.45, 2.75) is 25.7 Å². The number of benzene rings is 1. The molecular weight excluding hydrogens is 254 g/mol. The third-order valence-electron chi connectivity index (χ3n) is 4.31. The van der Waals surface area contributed by atoms with Crippen molar-refractivity contribution in [3.63, 3.8) is 0 Å². The monoisotopic (exact) mass is 275 g/mol. The number of nitrogens with one attached hydrogen (secondary N) is 1. The van der Waals surface area contributed by atoms with Crippen LogP contribution in [-0.4, -0.2) is 30.7 Å². The molecule has 1 atom stereocenters. The smallest absolute Gasteiger partial charge is 0.224 e. The normalized spacial score (nSPS) is 21.8. The van der Waals surface area contributed by atoms with E-state index in [0.717, 1.165) is 49.4 Å². The number of aliphatic hydroxyl groups excluding tert-OH is 1. The maximum absolute atomic E-state index is 11.4. The molecule has 5 nitrogen and oxygen atoms in total. The summed E-state index contributed by atoms with van der Waals surface area (Å²) in [5, 5.41) is 11.9. The maximum Gasteiger partial charge on any atom is 0.224 e. The fourth-order valence-electron chi connectivity index (χ4n) is 3.18. The van der Waals surface area contributed by atoms with Crippen LogP contribution in [0.25, 0.3) is 0 Å². The molecule has 3 rings (SSSR count). The Morgan fingerprint density at radius 1 is 1.40 bits per heavy atom. The van der Waals surface area contributed by atoms with E-state index in [2.05, 4.69) is 16.3 Å². The van der Waals surface area contributed by atoms with Gasteiger partial charge >= 0.3 is 0 Å². The quantitative estimate of drug-likeness (QED) is 0.728. The molecule has 0 aliphatic carbocycles. The van der Waals surface area contributed by atoms with E-state index >= 15 is 0 Å². The van der Waals surface area contributed by atoms with Gasteiger partial charge in [0.05, 0.1) is 11.4 Å². The van der Waals surface area contributed by atoms with Gasteiger partial charge in [0, 0.05) is 31.8 Å². The fourth-order valence-corrected chi connectivity index (χ4v) is 3.18. The maximum atomic E-state index is 11.4. The van der Waals surface area contributed by atoms with E-state index < -0.39 is 0 Å². The Balaban J connectivity index is 1.82. The number of nitrogen functional groups attached to an aromatic ring is 1. The SMILES string of the molecule is Nc1cc2c(cc1N1CCC(CCO)C1)CCC(=O)N2. The van der Waals surface area contributed by atoms with Gasteiger partial charge in [-0.05, 0) is 42.9 Å². The van der Waals surface area contributed by atoms with Crippen molar-refractivity contribution in [1.82, 2.24) is 0 Å². The number of carbonyl (C=O) groups excluding carboxylic acids is 1. The Morgan fingerprint density at radius 3 is 3.05 bits per heavy atom. The standard InChI is InChI=1S/C15H21N3O2/c16-12-8-13-11(1-2-15(20)17-13)7-14(12)18-5-3-10(9-18)4-6-19/h7-8,10,19H,1-6,9,16H2,(H,17,20). The summed E-state index contributed by atoms with van der Waals surface area (Å²) >= 11 is 0. The van der Waals surface area contributed by atoms with Gasteiger partial charge in [0.1, 0.15) is 0 Å². The topological polar surface area (TPSA) is 78.6 Å². The Labute approximate surface area is 118 Å². The first-order valence-electron chi connectivity index (χ1n) is 7.25. The Morgan fingerprint density at radius 2 is 2.25 bits per heavy atom. The van der Waals surface area contributed by atoms with Gasteiger partial charge in [0.2, 0.25) is 5.91 Å². The second kappa shape index (κ2) is 5.32. The van der Waals surface area contributed by atoms with Crippen molar-refractivity contribution in [1.29, 1.82) is 0 Å². The number of rotatable bonds is 3. The van der Waals surface area contributed by atoms with Gasteiger partial charge in [0.25, 0.3) is 0 Å². The minimum atomic E-state index is 0.0637. The van der Waals surface area contributed by atoms with E-state index in [1.165, 1.54) is 5.56 Å². The number of nitrogens with zero attached hydrogens (tertiary/aromatic N) is 1. The fraction of sp³-hybridized carbons (Fsp3) is 0.533. The minimum Gasteiger partial charge on any atom is -0.397 e. The predicted octanol–water partition coefficient (Wildman–Crippen LogP) is 1.36. The number of carbonyl (C=O) groups is 1. The van der Waals surface area contributed by atoms with Gasteiger partial charge < -0.3 is 21.1 Å². The number of amides is 1. The van der Waals surface area contributed by atoms with Gasteiger partial charge in [-0.2, -0.15) is 0 Å². The summed E-state index contributed by atoms with van der Waals surface area (Å²) in [5.41, 5.74) is 9.96. The highest BCUT2D eigenvalue weighted by molar-refractivity contribution is 5.95. The van der Waals surface area contributed by atoms with E-state index in [1.54, 1.807) is 0 Å². The summed E-state index contributed by atoms with van der Waals surface area (Å²) in [4.78, 5) is 13.7. The highest BCUT2D eigenvalue weighted by Crippen LogP contribution is 2.35. The summed E-state index contributed by atoms with van der Waals surface area (Å²) < 4.78 is 0. The number of anilines is 3. The zero-order chi connectivity index (χ0) is 14.1. The number of hydrogen-bond donors (Lipinski definition) is 3. The molecule has 0 bridgehead atoms. The van der Waals surface area contributed by atoms with Crippen molar-refractivity contribution in [3.8, 4) is 0 Å². The molecule has 2 aliphatic heterocycles. The molecule has 1 amide bonds. The molecule has 1 unspecified atom stereocenters. The zero-order valence-corrected chi connectivity index (χ0v) is 11.6. The van der Waals surface area contributed by atoms with Gasteiger partial charge in [-0.1, -0.05) is 0 Å². The van der Waals surface area contributed by atoms with Crippen molar-refractivity contribution in [2.24, 2.45) is 5.92 Å². The first-order chi connectivity index (χ1) is 9.67. The molecule has 0 saturated carbocycles. The van der Waals surface area contributed by atoms with E-state index in [9.17, 15) is 4.79 Å². The van der Waals surface area contributed by atoms with Crippen LogP contribution in [0.15, 0.2) is 12.1 Å². The molecule has 20 heavy (non-hydrogen) atoms. The molecule has 1 fully saturated rings. The van der Waals surface area contributed by atoms with E-state index in [-0.39, 0.29) is 12.5 Å². The molecule has 2 aliphatic rings. The third-order valence-corrected chi connectivity index (χ3v) is 4.31. The molecule has 1 aromatic carbocycles. The summed E-state index contributed by atoms with van der Waals surface area (Å²) in [6, 6.07) is 3.99. The Bertz CT molecular complexity index is 530. The highest BCUT2D eigenvalue weighted by atomic mass is 16.3. The van der Waals surface area contributed by atoms with Crippen LogP contribution in [0.5, 0.6) is 0 Å². The number of hydrogen-bond acceptors (Lipinski definition) is 4. The molecule has 108 valence electrons. The molecule has 1 aromatic rings. The lowest BCUT2D eigenvalue weighted by Gasteiger charge is -2.25. The van der Waals surface area contributed by atoms with Crippen LogP contribution in [0.2, 0.25) is 0 Å². The molecule has 0 aromatic heterocycles. The molecular formula is C15H21N3O2. The van der Waals surface area contributed by atoms with Gasteiger partial charge in [-0.15, -0.1) is 0 Å². The molecule has 4 N–H and O–H groups in total. The lowest BCUT2D eigenvalue weighted by molar-refractivity contribution is -0.116. The van der Waals surface area contributed by atoms with E-state index in [0.29, 0.717) is 12.3 Å².